The van der Waals surface area contributed by atoms with Crippen LogP contribution in [-0.4, -0.2) is 59.7 Å². The van der Waals surface area contributed by atoms with E-state index < -0.39 is 0 Å². The van der Waals surface area contributed by atoms with E-state index in [1.54, 1.807) is 11.1 Å². The van der Waals surface area contributed by atoms with Crippen LogP contribution in [0.1, 0.15) is 0 Å². The summed E-state index contributed by atoms with van der Waals surface area (Å²) in [5.41, 5.74) is 1.04. The molecule has 3 rings (SSSR count). The smallest absolute Gasteiger partial charge is 0.247 e. The summed E-state index contributed by atoms with van der Waals surface area (Å²) in [7, 11) is 1.95. The van der Waals surface area contributed by atoms with Gasteiger partial charge in [0.1, 0.15) is 0 Å². The van der Waals surface area contributed by atoms with Crippen molar-refractivity contribution in [3.8, 4) is 0 Å². The normalized spacial score (nSPS) is 14.8. The Balaban J connectivity index is 1.77. The zero-order valence-corrected chi connectivity index (χ0v) is 12.5. The number of nitrogens with zero attached hydrogens (tertiary/aromatic N) is 6. The molecular formula is C15H18N6O. The molecule has 2 heterocycles. The second kappa shape index (κ2) is 6.38. The van der Waals surface area contributed by atoms with E-state index in [1.807, 2.05) is 42.3 Å². The Labute approximate surface area is 129 Å². The SMILES string of the molecule is CN(c1ccccc1)c1cnnc(N2CCN(C=O)CC2)n1. The predicted molar refractivity (Wildman–Crippen MR) is 84.2 cm³/mol. The lowest BCUT2D eigenvalue weighted by molar-refractivity contribution is -0.118. The van der Waals surface area contributed by atoms with Gasteiger partial charge in [-0.3, -0.25) is 4.79 Å². The molecule has 2 aromatic rings. The third-order valence-electron chi connectivity index (χ3n) is 3.77. The van der Waals surface area contributed by atoms with Gasteiger partial charge in [-0.1, -0.05) is 18.2 Å². The molecule has 0 saturated carbocycles. The molecule has 0 bridgehead atoms. The van der Waals surface area contributed by atoms with Gasteiger partial charge in [-0.15, -0.1) is 5.10 Å². The molecule has 22 heavy (non-hydrogen) atoms. The van der Waals surface area contributed by atoms with Gasteiger partial charge in [-0.2, -0.15) is 10.1 Å². The summed E-state index contributed by atoms with van der Waals surface area (Å²) < 4.78 is 0. The van der Waals surface area contributed by atoms with Gasteiger partial charge in [0.2, 0.25) is 12.4 Å². The third-order valence-corrected chi connectivity index (χ3v) is 3.77. The lowest BCUT2D eigenvalue weighted by Gasteiger charge is -2.32. The van der Waals surface area contributed by atoms with Crippen LogP contribution in [0.4, 0.5) is 17.5 Å². The number of hydrogen-bond donors (Lipinski definition) is 0. The maximum Gasteiger partial charge on any atom is 0.247 e. The number of aromatic nitrogens is 3. The average Bonchev–Trinajstić information content (AvgIpc) is 2.62. The molecule has 0 aliphatic carbocycles. The zero-order chi connectivity index (χ0) is 15.4. The Morgan fingerprint density at radius 1 is 1.14 bits per heavy atom. The van der Waals surface area contributed by atoms with Crippen molar-refractivity contribution >= 4 is 23.9 Å². The fraction of sp³-hybridized carbons (Fsp3) is 0.333. The summed E-state index contributed by atoms with van der Waals surface area (Å²) >= 11 is 0. The van der Waals surface area contributed by atoms with Crippen molar-refractivity contribution in [1.82, 2.24) is 20.1 Å². The highest BCUT2D eigenvalue weighted by atomic mass is 16.1. The van der Waals surface area contributed by atoms with E-state index in [0.29, 0.717) is 19.0 Å². The Morgan fingerprint density at radius 2 is 1.86 bits per heavy atom. The van der Waals surface area contributed by atoms with Crippen molar-refractivity contribution in [2.45, 2.75) is 0 Å². The highest BCUT2D eigenvalue weighted by molar-refractivity contribution is 5.59. The maximum absolute atomic E-state index is 10.8. The molecule has 1 fully saturated rings. The van der Waals surface area contributed by atoms with Gasteiger partial charge in [-0.05, 0) is 12.1 Å². The summed E-state index contributed by atoms with van der Waals surface area (Å²) in [5.74, 6) is 1.35. The molecule has 1 aliphatic heterocycles. The van der Waals surface area contributed by atoms with Crippen molar-refractivity contribution < 1.29 is 4.79 Å². The van der Waals surface area contributed by atoms with Gasteiger partial charge >= 0.3 is 0 Å². The Morgan fingerprint density at radius 3 is 2.55 bits per heavy atom. The monoisotopic (exact) mass is 298 g/mol. The number of carbonyl (C=O) groups is 1. The molecular weight excluding hydrogens is 280 g/mol. The molecule has 1 saturated heterocycles. The molecule has 0 atom stereocenters. The maximum atomic E-state index is 10.8. The fourth-order valence-electron chi connectivity index (χ4n) is 2.39. The molecule has 0 unspecified atom stereocenters. The standard InChI is InChI=1S/C15H18N6O/c1-19(13-5-3-2-4-6-13)14-11-16-18-15(17-14)21-9-7-20(12-22)8-10-21/h2-6,11-12H,7-10H2,1H3. The van der Waals surface area contributed by atoms with Gasteiger partial charge in [0.05, 0.1) is 6.20 Å². The average molecular weight is 298 g/mol. The number of carbonyl (C=O) groups excluding carboxylic acids is 1. The van der Waals surface area contributed by atoms with Crippen molar-refractivity contribution in [1.29, 1.82) is 0 Å². The van der Waals surface area contributed by atoms with E-state index in [0.717, 1.165) is 31.0 Å². The van der Waals surface area contributed by atoms with Gasteiger partial charge in [0.25, 0.3) is 0 Å². The van der Waals surface area contributed by atoms with E-state index in [4.69, 9.17) is 0 Å². The number of rotatable bonds is 4. The van der Waals surface area contributed by atoms with Gasteiger partial charge in [0.15, 0.2) is 5.82 Å². The first-order valence-corrected chi connectivity index (χ1v) is 7.21. The first-order chi connectivity index (χ1) is 10.8. The van der Waals surface area contributed by atoms with Crippen LogP contribution >= 0.6 is 0 Å². The van der Waals surface area contributed by atoms with Crippen LogP contribution < -0.4 is 9.80 Å². The van der Waals surface area contributed by atoms with Crippen LogP contribution in [0.15, 0.2) is 36.5 Å². The summed E-state index contributed by atoms with van der Waals surface area (Å²) in [6, 6.07) is 9.99. The van der Waals surface area contributed by atoms with Crippen LogP contribution in [0.2, 0.25) is 0 Å². The van der Waals surface area contributed by atoms with E-state index in [1.165, 1.54) is 0 Å². The molecule has 1 aliphatic rings. The lowest BCUT2D eigenvalue weighted by Crippen LogP contribution is -2.46. The Hall–Kier alpha value is -2.70. The van der Waals surface area contributed by atoms with E-state index in [2.05, 4.69) is 20.1 Å². The van der Waals surface area contributed by atoms with E-state index >= 15 is 0 Å². The Bertz CT molecular complexity index is 627. The molecule has 0 N–H and O–H groups in total. The van der Waals surface area contributed by atoms with Crippen LogP contribution in [0, 0.1) is 0 Å². The van der Waals surface area contributed by atoms with Gasteiger partial charge in [0, 0.05) is 38.9 Å². The summed E-state index contributed by atoms with van der Waals surface area (Å²) in [4.78, 5) is 21.1. The molecule has 114 valence electrons. The van der Waals surface area contributed by atoms with Crippen LogP contribution in [0.3, 0.4) is 0 Å². The fourth-order valence-corrected chi connectivity index (χ4v) is 2.39. The summed E-state index contributed by atoms with van der Waals surface area (Å²) in [6.45, 7) is 2.81. The van der Waals surface area contributed by atoms with Crippen LogP contribution in [0.5, 0.6) is 0 Å². The first-order valence-electron chi connectivity index (χ1n) is 7.21. The number of piperazine rings is 1. The number of amides is 1. The van der Waals surface area contributed by atoms with Gasteiger partial charge < -0.3 is 14.7 Å². The quantitative estimate of drug-likeness (QED) is 0.782. The minimum Gasteiger partial charge on any atom is -0.342 e. The number of para-hydroxylation sites is 1. The largest absolute Gasteiger partial charge is 0.342 e. The van der Waals surface area contributed by atoms with Crippen molar-refractivity contribution in [3.63, 3.8) is 0 Å². The van der Waals surface area contributed by atoms with E-state index in [9.17, 15) is 4.79 Å². The van der Waals surface area contributed by atoms with Crippen molar-refractivity contribution in [3.05, 3.63) is 36.5 Å². The third kappa shape index (κ3) is 2.98. The first kappa shape index (κ1) is 14.2. The molecule has 1 amide bonds. The second-order valence-electron chi connectivity index (χ2n) is 5.14. The molecule has 1 aromatic carbocycles. The molecule has 7 nitrogen and oxygen atoms in total. The van der Waals surface area contributed by atoms with Gasteiger partial charge in [-0.25, -0.2) is 0 Å². The highest BCUT2D eigenvalue weighted by Crippen LogP contribution is 2.21. The minimum absolute atomic E-state index is 0.603. The highest BCUT2D eigenvalue weighted by Gasteiger charge is 2.19. The molecule has 7 heteroatoms. The lowest BCUT2D eigenvalue weighted by atomic mass is 10.3. The van der Waals surface area contributed by atoms with Crippen LogP contribution in [-0.2, 0) is 4.79 Å². The van der Waals surface area contributed by atoms with Crippen molar-refractivity contribution in [2.24, 2.45) is 0 Å². The second-order valence-corrected chi connectivity index (χ2v) is 5.14. The predicted octanol–water partition coefficient (Wildman–Crippen LogP) is 0.918. The van der Waals surface area contributed by atoms with Crippen LogP contribution in [0.25, 0.3) is 0 Å². The molecule has 1 aromatic heterocycles. The van der Waals surface area contributed by atoms with Crippen molar-refractivity contribution in [2.75, 3.05) is 43.0 Å². The zero-order valence-electron chi connectivity index (χ0n) is 12.5. The van der Waals surface area contributed by atoms with E-state index in [-0.39, 0.29) is 0 Å². The Kier molecular flexibility index (Phi) is 4.13. The number of hydrogen-bond acceptors (Lipinski definition) is 6. The number of benzene rings is 1. The number of anilines is 3. The summed E-state index contributed by atoms with van der Waals surface area (Å²) in [5, 5.41) is 8.19. The summed E-state index contributed by atoms with van der Waals surface area (Å²) in [6.07, 6.45) is 2.54. The minimum atomic E-state index is 0.603. The molecule has 0 spiro atoms. The topological polar surface area (TPSA) is 65.5 Å². The molecule has 0 radical (unpaired) electrons.